The first kappa shape index (κ1) is 24.1. The molecule has 7 heteroatoms. The summed E-state index contributed by atoms with van der Waals surface area (Å²) in [7, 11) is 1.26. The van der Waals surface area contributed by atoms with E-state index in [1.807, 2.05) is 19.1 Å². The fourth-order valence-electron chi connectivity index (χ4n) is 3.03. The van der Waals surface area contributed by atoms with Crippen molar-refractivity contribution in [3.8, 4) is 5.75 Å². The molecular weight excluding hydrogens is 396 g/mol. The van der Waals surface area contributed by atoms with Crippen molar-refractivity contribution in [3.05, 3.63) is 65.7 Å². The minimum absolute atomic E-state index is 0.220. The van der Waals surface area contributed by atoms with E-state index in [0.717, 1.165) is 16.9 Å². The van der Waals surface area contributed by atoms with E-state index >= 15 is 0 Å². The number of methoxy groups -OCH3 is 1. The Labute approximate surface area is 183 Å². The van der Waals surface area contributed by atoms with Gasteiger partial charge in [-0.25, -0.2) is 9.69 Å². The van der Waals surface area contributed by atoms with Gasteiger partial charge in [-0.2, -0.15) is 0 Å². The van der Waals surface area contributed by atoms with Crippen LogP contribution in [0.3, 0.4) is 0 Å². The number of aryl methyl sites for hydroxylation is 1. The molecule has 2 amide bonds. The van der Waals surface area contributed by atoms with Gasteiger partial charge in [0, 0.05) is 0 Å². The summed E-state index contributed by atoms with van der Waals surface area (Å²) in [4.78, 5) is 39.6. The molecule has 7 nitrogen and oxygen atoms in total. The summed E-state index contributed by atoms with van der Waals surface area (Å²) in [6, 6.07) is 13.9. The maximum absolute atomic E-state index is 13.3. The van der Waals surface area contributed by atoms with Crippen molar-refractivity contribution in [3.63, 3.8) is 0 Å². The first-order chi connectivity index (χ1) is 14.8. The molecule has 0 spiro atoms. The smallest absolute Gasteiger partial charge is 0.422 e. The normalized spacial score (nSPS) is 12.7. The summed E-state index contributed by atoms with van der Waals surface area (Å²) in [6.45, 7) is 5.60. The number of hydrogen-bond donors (Lipinski definition) is 1. The summed E-state index contributed by atoms with van der Waals surface area (Å²) in [6.07, 6.45) is -0.290. The van der Waals surface area contributed by atoms with E-state index in [1.165, 1.54) is 7.11 Å². The van der Waals surface area contributed by atoms with Crippen molar-refractivity contribution in [2.24, 2.45) is 11.7 Å². The number of rotatable bonds is 8. The number of amides is 2. The molecule has 2 rings (SSSR count). The van der Waals surface area contributed by atoms with Gasteiger partial charge in [0.1, 0.15) is 5.75 Å². The average molecular weight is 427 g/mol. The lowest BCUT2D eigenvalue weighted by atomic mass is 9.97. The lowest BCUT2D eigenvalue weighted by Crippen LogP contribution is -2.51. The Morgan fingerprint density at radius 3 is 2.13 bits per heavy atom. The average Bonchev–Trinajstić information content (AvgIpc) is 2.78. The molecule has 166 valence electrons. The molecular formula is C24H30N2O5. The highest BCUT2D eigenvalue weighted by Crippen LogP contribution is 2.28. The van der Waals surface area contributed by atoms with Gasteiger partial charge < -0.3 is 15.2 Å². The minimum atomic E-state index is -0.946. The van der Waals surface area contributed by atoms with Crippen LogP contribution < -0.4 is 10.5 Å². The lowest BCUT2D eigenvalue weighted by Gasteiger charge is -2.32. The van der Waals surface area contributed by atoms with E-state index in [9.17, 15) is 14.4 Å². The standard InChI is InChI=1S/C24H30N2O5/c1-5-17-11-13-18(14-12-17)20(15-21(27)30-4)26(23(28)22(25)16(2)3)24(29)31-19-9-7-6-8-10-19/h6-14,16,20,22H,5,15,25H2,1-4H3/t20?,22-/m0/s1. The largest absolute Gasteiger partial charge is 0.469 e. The highest BCUT2D eigenvalue weighted by molar-refractivity contribution is 5.96. The number of nitrogens with zero attached hydrogens (tertiary/aromatic N) is 1. The number of hydrogen-bond acceptors (Lipinski definition) is 6. The third-order valence-electron chi connectivity index (χ3n) is 5.06. The van der Waals surface area contributed by atoms with Gasteiger partial charge in [-0.1, -0.05) is 63.2 Å². The zero-order valence-corrected chi connectivity index (χ0v) is 18.4. The molecule has 0 aromatic heterocycles. The molecule has 0 radical (unpaired) electrons. The van der Waals surface area contributed by atoms with E-state index in [1.54, 1.807) is 56.3 Å². The maximum atomic E-state index is 13.3. The molecule has 0 bridgehead atoms. The second kappa shape index (κ2) is 11.3. The van der Waals surface area contributed by atoms with Crippen LogP contribution in [0.2, 0.25) is 0 Å². The Kier molecular flexibility index (Phi) is 8.75. The van der Waals surface area contributed by atoms with Crippen molar-refractivity contribution in [1.29, 1.82) is 0 Å². The van der Waals surface area contributed by atoms with Crippen LogP contribution in [0.4, 0.5) is 4.79 Å². The van der Waals surface area contributed by atoms with Gasteiger partial charge in [-0.05, 0) is 35.6 Å². The molecule has 0 fully saturated rings. The quantitative estimate of drug-likeness (QED) is 0.644. The highest BCUT2D eigenvalue weighted by atomic mass is 16.6. The number of ether oxygens (including phenoxy) is 2. The molecule has 0 saturated carbocycles. The number of nitrogens with two attached hydrogens (primary N) is 1. The van der Waals surface area contributed by atoms with Crippen LogP contribution >= 0.6 is 0 Å². The molecule has 2 atom stereocenters. The summed E-state index contributed by atoms with van der Waals surface area (Å²) in [5, 5.41) is 0. The van der Waals surface area contributed by atoms with Gasteiger partial charge in [-0.15, -0.1) is 0 Å². The summed E-state index contributed by atoms with van der Waals surface area (Å²) >= 11 is 0. The Balaban J connectivity index is 2.50. The topological polar surface area (TPSA) is 98.9 Å². The number of imide groups is 1. The van der Waals surface area contributed by atoms with Gasteiger partial charge in [0.25, 0.3) is 0 Å². The molecule has 1 unspecified atom stereocenters. The zero-order valence-electron chi connectivity index (χ0n) is 18.4. The molecule has 0 heterocycles. The lowest BCUT2D eigenvalue weighted by molar-refractivity contribution is -0.143. The minimum Gasteiger partial charge on any atom is -0.469 e. The second-order valence-corrected chi connectivity index (χ2v) is 7.55. The summed E-state index contributed by atoms with van der Waals surface area (Å²) in [5.74, 6) is -1.13. The van der Waals surface area contributed by atoms with Crippen LogP contribution in [0.15, 0.2) is 54.6 Å². The van der Waals surface area contributed by atoms with Crippen LogP contribution in [-0.4, -0.2) is 36.0 Å². The number of carbonyl (C=O) groups is 3. The van der Waals surface area contributed by atoms with E-state index in [-0.39, 0.29) is 18.1 Å². The number of benzene rings is 2. The van der Waals surface area contributed by atoms with Crippen LogP contribution in [0, 0.1) is 5.92 Å². The van der Waals surface area contributed by atoms with Crippen molar-refractivity contribution >= 4 is 18.0 Å². The second-order valence-electron chi connectivity index (χ2n) is 7.55. The molecule has 2 N–H and O–H groups in total. The molecule has 2 aromatic rings. The van der Waals surface area contributed by atoms with Crippen molar-refractivity contribution in [2.75, 3.05) is 7.11 Å². The van der Waals surface area contributed by atoms with E-state index in [0.29, 0.717) is 5.56 Å². The summed E-state index contributed by atoms with van der Waals surface area (Å²) in [5.41, 5.74) is 7.80. The Morgan fingerprint density at radius 1 is 1.00 bits per heavy atom. The zero-order chi connectivity index (χ0) is 23.0. The molecule has 0 aliphatic heterocycles. The first-order valence-electron chi connectivity index (χ1n) is 10.3. The fraction of sp³-hybridized carbons (Fsp3) is 0.375. The van der Waals surface area contributed by atoms with Crippen molar-refractivity contribution in [2.45, 2.75) is 45.7 Å². The fourth-order valence-corrected chi connectivity index (χ4v) is 3.03. The Morgan fingerprint density at radius 2 is 1.61 bits per heavy atom. The van der Waals surface area contributed by atoms with E-state index < -0.39 is 30.1 Å². The van der Waals surface area contributed by atoms with E-state index in [2.05, 4.69) is 0 Å². The maximum Gasteiger partial charge on any atom is 0.422 e. The number of carbonyl (C=O) groups excluding carboxylic acids is 3. The molecule has 0 aliphatic rings. The van der Waals surface area contributed by atoms with Crippen molar-refractivity contribution < 1.29 is 23.9 Å². The third-order valence-corrected chi connectivity index (χ3v) is 5.06. The monoisotopic (exact) mass is 426 g/mol. The van der Waals surface area contributed by atoms with Crippen LogP contribution in [0.25, 0.3) is 0 Å². The highest BCUT2D eigenvalue weighted by Gasteiger charge is 2.37. The van der Waals surface area contributed by atoms with Crippen molar-refractivity contribution in [1.82, 2.24) is 4.90 Å². The molecule has 31 heavy (non-hydrogen) atoms. The molecule has 0 saturated heterocycles. The van der Waals surface area contributed by atoms with Crippen LogP contribution in [0.5, 0.6) is 5.75 Å². The van der Waals surface area contributed by atoms with Gasteiger partial charge in [0.05, 0.1) is 25.6 Å². The number of esters is 1. The van der Waals surface area contributed by atoms with Gasteiger partial charge >= 0.3 is 12.1 Å². The van der Waals surface area contributed by atoms with Gasteiger partial charge in [0.15, 0.2) is 0 Å². The molecule has 2 aromatic carbocycles. The predicted molar refractivity (Wildman–Crippen MR) is 117 cm³/mol. The predicted octanol–water partition coefficient (Wildman–Crippen LogP) is 3.86. The Bertz CT molecular complexity index is 881. The third kappa shape index (κ3) is 6.39. The SMILES string of the molecule is CCc1ccc(C(CC(=O)OC)N(C(=O)Oc2ccccc2)C(=O)[C@@H](N)C(C)C)cc1. The van der Waals surface area contributed by atoms with Gasteiger partial charge in [-0.3, -0.25) is 9.59 Å². The van der Waals surface area contributed by atoms with Crippen LogP contribution in [-0.2, 0) is 20.7 Å². The first-order valence-corrected chi connectivity index (χ1v) is 10.3. The number of para-hydroxylation sites is 1. The molecule has 0 aliphatic carbocycles. The Hall–Kier alpha value is -3.19. The van der Waals surface area contributed by atoms with E-state index in [4.69, 9.17) is 15.2 Å². The van der Waals surface area contributed by atoms with Crippen LogP contribution in [0.1, 0.15) is 44.4 Å². The van der Waals surface area contributed by atoms with Gasteiger partial charge in [0.2, 0.25) is 5.91 Å². The summed E-state index contributed by atoms with van der Waals surface area (Å²) < 4.78 is 10.3.